The van der Waals surface area contributed by atoms with E-state index in [4.69, 9.17) is 10.5 Å². The number of rotatable bonds is 4. The van der Waals surface area contributed by atoms with Crippen molar-refractivity contribution < 1.29 is 4.74 Å². The van der Waals surface area contributed by atoms with E-state index >= 15 is 0 Å². The van der Waals surface area contributed by atoms with Crippen molar-refractivity contribution in [1.82, 2.24) is 0 Å². The number of nitrogen functional groups attached to an aromatic ring is 1. The van der Waals surface area contributed by atoms with Gasteiger partial charge in [-0.05, 0) is 24.6 Å². The van der Waals surface area contributed by atoms with Gasteiger partial charge >= 0.3 is 0 Å². The highest BCUT2D eigenvalue weighted by atomic mass is 16.5. The molecule has 1 unspecified atom stereocenters. The molecule has 0 aliphatic rings. The Balaban J connectivity index is 2.19. The first-order chi connectivity index (χ1) is 8.72. The molecule has 0 spiro atoms. The molecule has 0 bridgehead atoms. The fourth-order valence-electron chi connectivity index (χ4n) is 1.91. The zero-order chi connectivity index (χ0) is 13.0. The molecule has 94 valence electrons. The van der Waals surface area contributed by atoms with Crippen LogP contribution in [0, 0.1) is 0 Å². The van der Waals surface area contributed by atoms with Crippen LogP contribution in [0.5, 0.6) is 5.75 Å². The summed E-state index contributed by atoms with van der Waals surface area (Å²) in [5.41, 5.74) is 8.79. The number of benzene rings is 2. The van der Waals surface area contributed by atoms with E-state index in [9.17, 15) is 0 Å². The molecule has 3 heteroatoms. The molecule has 0 heterocycles. The predicted octanol–water partition coefficient (Wildman–Crippen LogP) is 3.45. The van der Waals surface area contributed by atoms with Gasteiger partial charge in [0.05, 0.1) is 18.5 Å². The smallest absolute Gasteiger partial charge is 0.143 e. The van der Waals surface area contributed by atoms with Crippen molar-refractivity contribution >= 4 is 11.4 Å². The fourth-order valence-corrected chi connectivity index (χ4v) is 1.91. The number of nitrogens with one attached hydrogen (secondary N) is 1. The van der Waals surface area contributed by atoms with Crippen LogP contribution in [-0.4, -0.2) is 7.11 Å². The van der Waals surface area contributed by atoms with Crippen LogP contribution in [0.25, 0.3) is 0 Å². The minimum absolute atomic E-state index is 0.195. The summed E-state index contributed by atoms with van der Waals surface area (Å²) in [6, 6.07) is 16.2. The van der Waals surface area contributed by atoms with Crippen LogP contribution in [0.15, 0.2) is 48.5 Å². The second-order valence-corrected chi connectivity index (χ2v) is 4.20. The number of hydrogen-bond donors (Lipinski definition) is 2. The van der Waals surface area contributed by atoms with Crippen molar-refractivity contribution in [2.75, 3.05) is 18.2 Å². The van der Waals surface area contributed by atoms with E-state index in [1.165, 1.54) is 5.56 Å². The Morgan fingerprint density at radius 3 is 2.44 bits per heavy atom. The Morgan fingerprint density at radius 1 is 1.06 bits per heavy atom. The van der Waals surface area contributed by atoms with Gasteiger partial charge in [-0.25, -0.2) is 0 Å². The van der Waals surface area contributed by atoms with Crippen LogP contribution in [-0.2, 0) is 0 Å². The highest BCUT2D eigenvalue weighted by molar-refractivity contribution is 5.73. The number of para-hydroxylation sites is 1. The molecule has 2 rings (SSSR count). The van der Waals surface area contributed by atoms with Crippen molar-refractivity contribution in [1.29, 1.82) is 0 Å². The molecule has 0 fully saturated rings. The summed E-state index contributed by atoms with van der Waals surface area (Å²) in [7, 11) is 1.62. The lowest BCUT2D eigenvalue weighted by atomic mass is 10.1. The summed E-state index contributed by atoms with van der Waals surface area (Å²) in [5, 5.41) is 3.40. The predicted molar refractivity (Wildman–Crippen MR) is 75.9 cm³/mol. The standard InChI is InChI=1S/C15H18N2O/c1-11(12-7-4-3-5-8-12)17-13-9-6-10-14(18-2)15(13)16/h3-11,17H,16H2,1-2H3. The van der Waals surface area contributed by atoms with Crippen molar-refractivity contribution in [3.8, 4) is 5.75 Å². The number of methoxy groups -OCH3 is 1. The molecule has 0 amide bonds. The zero-order valence-electron chi connectivity index (χ0n) is 10.7. The summed E-state index contributed by atoms with van der Waals surface area (Å²) >= 11 is 0. The Labute approximate surface area is 108 Å². The van der Waals surface area contributed by atoms with Gasteiger partial charge < -0.3 is 15.8 Å². The molecule has 2 aromatic rings. The van der Waals surface area contributed by atoms with Crippen molar-refractivity contribution in [2.45, 2.75) is 13.0 Å². The fraction of sp³-hybridized carbons (Fsp3) is 0.200. The minimum atomic E-state index is 0.195. The lowest BCUT2D eigenvalue weighted by molar-refractivity contribution is 0.417. The van der Waals surface area contributed by atoms with Crippen LogP contribution < -0.4 is 15.8 Å². The first-order valence-corrected chi connectivity index (χ1v) is 5.96. The third-order valence-electron chi connectivity index (χ3n) is 2.96. The molecular weight excluding hydrogens is 224 g/mol. The largest absolute Gasteiger partial charge is 0.495 e. The van der Waals surface area contributed by atoms with E-state index in [-0.39, 0.29) is 6.04 Å². The first kappa shape index (κ1) is 12.3. The summed E-state index contributed by atoms with van der Waals surface area (Å²) < 4.78 is 5.21. The van der Waals surface area contributed by atoms with E-state index in [2.05, 4.69) is 24.4 Å². The quantitative estimate of drug-likeness (QED) is 0.807. The molecule has 0 aliphatic heterocycles. The number of hydrogen-bond acceptors (Lipinski definition) is 3. The second kappa shape index (κ2) is 5.45. The minimum Gasteiger partial charge on any atom is -0.495 e. The van der Waals surface area contributed by atoms with Crippen LogP contribution in [0.1, 0.15) is 18.5 Å². The van der Waals surface area contributed by atoms with Gasteiger partial charge in [0, 0.05) is 6.04 Å². The molecule has 0 saturated carbocycles. The molecule has 1 atom stereocenters. The summed E-state index contributed by atoms with van der Waals surface area (Å²) in [6.07, 6.45) is 0. The molecule has 0 aliphatic carbocycles. The average Bonchev–Trinajstić information content (AvgIpc) is 2.42. The normalized spacial score (nSPS) is 11.9. The maximum absolute atomic E-state index is 6.03. The highest BCUT2D eigenvalue weighted by Gasteiger charge is 2.09. The van der Waals surface area contributed by atoms with Gasteiger partial charge in [-0.3, -0.25) is 0 Å². The van der Waals surface area contributed by atoms with Gasteiger partial charge in [0.25, 0.3) is 0 Å². The van der Waals surface area contributed by atoms with Gasteiger partial charge in [0.1, 0.15) is 5.75 Å². The second-order valence-electron chi connectivity index (χ2n) is 4.20. The highest BCUT2D eigenvalue weighted by Crippen LogP contribution is 2.31. The first-order valence-electron chi connectivity index (χ1n) is 5.96. The Bertz CT molecular complexity index is 511. The van der Waals surface area contributed by atoms with Gasteiger partial charge in [-0.1, -0.05) is 36.4 Å². The molecule has 3 N–H and O–H groups in total. The van der Waals surface area contributed by atoms with Gasteiger partial charge in [-0.15, -0.1) is 0 Å². The van der Waals surface area contributed by atoms with E-state index in [0.717, 1.165) is 5.69 Å². The molecule has 18 heavy (non-hydrogen) atoms. The maximum atomic E-state index is 6.03. The van der Waals surface area contributed by atoms with Crippen molar-refractivity contribution in [2.24, 2.45) is 0 Å². The zero-order valence-corrected chi connectivity index (χ0v) is 10.7. The van der Waals surface area contributed by atoms with Crippen molar-refractivity contribution in [3.63, 3.8) is 0 Å². The lowest BCUT2D eigenvalue weighted by Gasteiger charge is -2.18. The van der Waals surface area contributed by atoms with E-state index in [0.29, 0.717) is 11.4 Å². The summed E-state index contributed by atoms with van der Waals surface area (Å²) in [4.78, 5) is 0. The van der Waals surface area contributed by atoms with Gasteiger partial charge in [0.2, 0.25) is 0 Å². The number of ether oxygens (including phenoxy) is 1. The van der Waals surface area contributed by atoms with Crippen LogP contribution in [0.3, 0.4) is 0 Å². The van der Waals surface area contributed by atoms with Crippen LogP contribution in [0.4, 0.5) is 11.4 Å². The molecule has 0 aromatic heterocycles. The van der Waals surface area contributed by atoms with Gasteiger partial charge in [-0.2, -0.15) is 0 Å². The molecule has 3 nitrogen and oxygen atoms in total. The number of nitrogens with two attached hydrogens (primary N) is 1. The van der Waals surface area contributed by atoms with E-state index < -0.39 is 0 Å². The van der Waals surface area contributed by atoms with E-state index in [1.54, 1.807) is 7.11 Å². The third-order valence-corrected chi connectivity index (χ3v) is 2.96. The van der Waals surface area contributed by atoms with Crippen LogP contribution in [0.2, 0.25) is 0 Å². The Morgan fingerprint density at radius 2 is 1.78 bits per heavy atom. The third kappa shape index (κ3) is 2.56. The summed E-state index contributed by atoms with van der Waals surface area (Å²) in [6.45, 7) is 2.11. The average molecular weight is 242 g/mol. The Hall–Kier alpha value is -2.16. The maximum Gasteiger partial charge on any atom is 0.143 e. The number of anilines is 2. The van der Waals surface area contributed by atoms with Crippen LogP contribution >= 0.6 is 0 Å². The van der Waals surface area contributed by atoms with E-state index in [1.807, 2.05) is 36.4 Å². The summed E-state index contributed by atoms with van der Waals surface area (Å²) in [5.74, 6) is 0.695. The lowest BCUT2D eigenvalue weighted by Crippen LogP contribution is -2.08. The SMILES string of the molecule is COc1cccc(NC(C)c2ccccc2)c1N. The molecule has 0 saturated heterocycles. The molecule has 0 radical (unpaired) electrons. The Kier molecular flexibility index (Phi) is 3.72. The molecule has 2 aromatic carbocycles. The molecular formula is C15H18N2O. The van der Waals surface area contributed by atoms with Gasteiger partial charge in [0.15, 0.2) is 0 Å². The topological polar surface area (TPSA) is 47.3 Å². The van der Waals surface area contributed by atoms with Crippen molar-refractivity contribution in [3.05, 3.63) is 54.1 Å². The monoisotopic (exact) mass is 242 g/mol.